The molecule has 0 aromatic heterocycles. The molecular weight excluding hydrogens is 233 g/mol. The second kappa shape index (κ2) is 6.15. The minimum Gasteiger partial charge on any atom is -0.354 e. The summed E-state index contributed by atoms with van der Waals surface area (Å²) >= 11 is 5.78. The summed E-state index contributed by atoms with van der Waals surface area (Å²) in [7, 11) is 2.98. The fourth-order valence-electron chi connectivity index (χ4n) is 1.50. The van der Waals surface area contributed by atoms with Crippen molar-refractivity contribution in [2.75, 3.05) is 14.2 Å². The molecule has 3 nitrogen and oxygen atoms in total. The maximum atomic E-state index is 13.4. The zero-order valence-corrected chi connectivity index (χ0v) is 10.00. The van der Waals surface area contributed by atoms with Crippen molar-refractivity contribution in [2.45, 2.75) is 18.8 Å². The van der Waals surface area contributed by atoms with Gasteiger partial charge in [-0.25, -0.2) is 4.39 Å². The lowest BCUT2D eigenvalue weighted by atomic mass is 10.1. The van der Waals surface area contributed by atoms with E-state index < -0.39 is 12.3 Å². The van der Waals surface area contributed by atoms with E-state index in [9.17, 15) is 4.39 Å². The number of halogens is 2. The Morgan fingerprint density at radius 2 is 2.00 bits per heavy atom. The summed E-state index contributed by atoms with van der Waals surface area (Å²) in [5.41, 5.74) is 6.29. The van der Waals surface area contributed by atoms with Crippen molar-refractivity contribution in [3.05, 3.63) is 34.6 Å². The van der Waals surface area contributed by atoms with Gasteiger partial charge in [0.2, 0.25) is 0 Å². The summed E-state index contributed by atoms with van der Waals surface area (Å²) in [4.78, 5) is 0. The van der Waals surface area contributed by atoms with Gasteiger partial charge in [-0.15, -0.1) is 0 Å². The van der Waals surface area contributed by atoms with Gasteiger partial charge in [0, 0.05) is 19.2 Å². The third kappa shape index (κ3) is 3.42. The quantitative estimate of drug-likeness (QED) is 0.809. The standard InChI is InChI=1S/C11H15ClFNO2/c1-15-11(16-2)10(14)6-7-5-8(12)3-4-9(7)13/h3-5,10-11H,6,14H2,1-2H3. The largest absolute Gasteiger partial charge is 0.354 e. The second-order valence-corrected chi connectivity index (χ2v) is 3.88. The molecular formula is C11H15ClFNO2. The average Bonchev–Trinajstić information content (AvgIpc) is 2.25. The molecule has 0 saturated carbocycles. The molecule has 0 saturated heterocycles. The van der Waals surface area contributed by atoms with E-state index in [0.29, 0.717) is 17.0 Å². The highest BCUT2D eigenvalue weighted by atomic mass is 35.5. The maximum Gasteiger partial charge on any atom is 0.172 e. The third-order valence-corrected chi connectivity index (χ3v) is 2.51. The molecule has 0 aliphatic rings. The Hall–Kier alpha value is -0.680. The highest BCUT2D eigenvalue weighted by molar-refractivity contribution is 6.30. The highest BCUT2D eigenvalue weighted by Gasteiger charge is 2.18. The van der Waals surface area contributed by atoms with E-state index in [1.807, 2.05) is 0 Å². The van der Waals surface area contributed by atoms with Crippen LogP contribution in [0.4, 0.5) is 4.39 Å². The highest BCUT2D eigenvalue weighted by Crippen LogP contribution is 2.17. The van der Waals surface area contributed by atoms with Crippen molar-refractivity contribution < 1.29 is 13.9 Å². The van der Waals surface area contributed by atoms with Crippen molar-refractivity contribution in [2.24, 2.45) is 5.73 Å². The smallest absolute Gasteiger partial charge is 0.172 e. The van der Waals surface area contributed by atoms with Gasteiger partial charge in [-0.3, -0.25) is 0 Å². The molecule has 0 bridgehead atoms. The predicted octanol–water partition coefficient (Wildman–Crippen LogP) is 1.97. The average molecular weight is 248 g/mol. The molecule has 5 heteroatoms. The van der Waals surface area contributed by atoms with E-state index in [0.717, 1.165) is 0 Å². The summed E-state index contributed by atoms with van der Waals surface area (Å²) in [5.74, 6) is -0.328. The lowest BCUT2D eigenvalue weighted by Gasteiger charge is -2.21. The zero-order valence-electron chi connectivity index (χ0n) is 9.24. The van der Waals surface area contributed by atoms with Crippen LogP contribution in [0.1, 0.15) is 5.56 Å². The van der Waals surface area contributed by atoms with E-state index in [2.05, 4.69) is 0 Å². The van der Waals surface area contributed by atoms with Crippen molar-refractivity contribution in [1.29, 1.82) is 0 Å². The van der Waals surface area contributed by atoms with Gasteiger partial charge in [0.05, 0.1) is 6.04 Å². The van der Waals surface area contributed by atoms with E-state index in [1.54, 1.807) is 6.07 Å². The van der Waals surface area contributed by atoms with Gasteiger partial charge in [-0.05, 0) is 30.2 Å². The van der Waals surface area contributed by atoms with E-state index in [4.69, 9.17) is 26.8 Å². The van der Waals surface area contributed by atoms with Crippen LogP contribution in [0.15, 0.2) is 18.2 Å². The molecule has 0 heterocycles. The molecule has 1 atom stereocenters. The summed E-state index contributed by atoms with van der Waals surface area (Å²) in [5, 5.41) is 0.481. The van der Waals surface area contributed by atoms with Gasteiger partial charge in [0.25, 0.3) is 0 Å². The molecule has 0 radical (unpaired) electrons. The summed E-state index contributed by atoms with van der Waals surface area (Å²) in [6, 6.07) is 3.93. The summed E-state index contributed by atoms with van der Waals surface area (Å²) in [6.45, 7) is 0. The number of ether oxygens (including phenoxy) is 2. The Labute approximate surface area is 99.3 Å². The normalized spacial score (nSPS) is 13.1. The first kappa shape index (κ1) is 13.4. The second-order valence-electron chi connectivity index (χ2n) is 3.44. The maximum absolute atomic E-state index is 13.4. The molecule has 0 amide bonds. The van der Waals surface area contributed by atoms with Crippen LogP contribution in [0.25, 0.3) is 0 Å². The third-order valence-electron chi connectivity index (χ3n) is 2.28. The predicted molar refractivity (Wildman–Crippen MR) is 60.9 cm³/mol. The SMILES string of the molecule is COC(OC)C(N)Cc1cc(Cl)ccc1F. The van der Waals surface area contributed by atoms with Crippen molar-refractivity contribution in [3.8, 4) is 0 Å². The molecule has 16 heavy (non-hydrogen) atoms. The summed E-state index contributed by atoms with van der Waals surface area (Å²) < 4.78 is 23.4. The van der Waals surface area contributed by atoms with Crippen LogP contribution in [0.2, 0.25) is 5.02 Å². The molecule has 0 fully saturated rings. The van der Waals surface area contributed by atoms with Crippen LogP contribution in [0.3, 0.4) is 0 Å². The molecule has 1 aromatic carbocycles. The Kier molecular flexibility index (Phi) is 5.15. The number of rotatable bonds is 5. The van der Waals surface area contributed by atoms with Gasteiger partial charge in [-0.2, -0.15) is 0 Å². The summed E-state index contributed by atoms with van der Waals surface area (Å²) in [6.07, 6.45) is -0.253. The van der Waals surface area contributed by atoms with Crippen molar-refractivity contribution >= 4 is 11.6 Å². The first-order valence-corrected chi connectivity index (χ1v) is 5.21. The van der Waals surface area contributed by atoms with Crippen molar-refractivity contribution in [1.82, 2.24) is 0 Å². The van der Waals surface area contributed by atoms with Crippen molar-refractivity contribution in [3.63, 3.8) is 0 Å². The molecule has 1 aromatic rings. The number of hydrogen-bond donors (Lipinski definition) is 1. The lowest BCUT2D eigenvalue weighted by molar-refractivity contribution is -0.116. The van der Waals surface area contributed by atoms with E-state index >= 15 is 0 Å². The lowest BCUT2D eigenvalue weighted by Crippen LogP contribution is -2.39. The first-order valence-electron chi connectivity index (χ1n) is 4.83. The number of benzene rings is 1. The Morgan fingerprint density at radius 1 is 1.38 bits per heavy atom. The Balaban J connectivity index is 2.75. The molecule has 1 rings (SSSR count). The van der Waals surface area contributed by atoms with Gasteiger partial charge >= 0.3 is 0 Å². The molecule has 0 aliphatic carbocycles. The van der Waals surface area contributed by atoms with Gasteiger partial charge in [0.15, 0.2) is 6.29 Å². The number of hydrogen-bond acceptors (Lipinski definition) is 3. The topological polar surface area (TPSA) is 44.5 Å². The van der Waals surface area contributed by atoms with Crippen LogP contribution < -0.4 is 5.73 Å². The van der Waals surface area contributed by atoms with Crippen LogP contribution in [0, 0.1) is 5.82 Å². The first-order chi connectivity index (χ1) is 7.58. The molecule has 2 N–H and O–H groups in total. The van der Waals surface area contributed by atoms with Gasteiger partial charge in [0.1, 0.15) is 5.82 Å². The van der Waals surface area contributed by atoms with Crippen LogP contribution in [0.5, 0.6) is 0 Å². The van der Waals surface area contributed by atoms with Crippen LogP contribution in [-0.2, 0) is 15.9 Å². The van der Waals surface area contributed by atoms with E-state index in [1.165, 1.54) is 26.4 Å². The molecule has 0 aliphatic heterocycles. The molecule has 1 unspecified atom stereocenters. The minimum atomic E-state index is -0.557. The fraction of sp³-hybridized carbons (Fsp3) is 0.455. The van der Waals surface area contributed by atoms with Crippen LogP contribution in [-0.4, -0.2) is 26.6 Å². The zero-order chi connectivity index (χ0) is 12.1. The monoisotopic (exact) mass is 247 g/mol. The van der Waals surface area contributed by atoms with Gasteiger partial charge in [-0.1, -0.05) is 11.6 Å². The Morgan fingerprint density at radius 3 is 2.56 bits per heavy atom. The Bertz CT molecular complexity index is 345. The van der Waals surface area contributed by atoms with Crippen LogP contribution >= 0.6 is 11.6 Å². The number of nitrogens with two attached hydrogens (primary N) is 1. The molecule has 90 valence electrons. The van der Waals surface area contributed by atoms with Gasteiger partial charge < -0.3 is 15.2 Å². The fourth-order valence-corrected chi connectivity index (χ4v) is 1.69. The minimum absolute atomic E-state index is 0.304. The molecule has 0 spiro atoms. The van der Waals surface area contributed by atoms with E-state index in [-0.39, 0.29) is 5.82 Å². The number of methoxy groups -OCH3 is 2.